The molecule has 2 aromatic carbocycles. The van der Waals surface area contributed by atoms with E-state index in [9.17, 15) is 9.59 Å². The number of rotatable bonds is 5. The molecule has 6 nitrogen and oxygen atoms in total. The topological polar surface area (TPSA) is 72.4 Å². The first-order chi connectivity index (χ1) is 13.5. The minimum atomic E-state index is -0.437. The molecule has 2 N–H and O–H groups in total. The number of aryl methyl sites for hydroxylation is 2. The highest BCUT2D eigenvalue weighted by atomic mass is 16.5. The number of carbonyl (C=O) groups excluding carboxylic acids is 2. The zero-order chi connectivity index (χ0) is 20.1. The number of hydrazine groups is 1. The van der Waals surface area contributed by atoms with Gasteiger partial charge >= 0.3 is 0 Å². The van der Waals surface area contributed by atoms with E-state index in [1.165, 1.54) is 0 Å². The van der Waals surface area contributed by atoms with Crippen molar-refractivity contribution >= 4 is 11.8 Å². The third kappa shape index (κ3) is 4.23. The van der Waals surface area contributed by atoms with E-state index in [0.29, 0.717) is 11.3 Å². The maximum Gasteiger partial charge on any atom is 0.276 e. The minimum Gasteiger partial charge on any atom is -0.483 e. The van der Waals surface area contributed by atoms with E-state index in [1.54, 1.807) is 12.1 Å². The Bertz CT molecular complexity index is 994. The van der Waals surface area contributed by atoms with Gasteiger partial charge in [0, 0.05) is 17.1 Å². The number of para-hydroxylation sites is 2. The lowest BCUT2D eigenvalue weighted by molar-refractivity contribution is -0.123. The van der Waals surface area contributed by atoms with Crippen molar-refractivity contribution in [2.75, 3.05) is 6.61 Å². The van der Waals surface area contributed by atoms with Gasteiger partial charge in [0.2, 0.25) is 0 Å². The van der Waals surface area contributed by atoms with E-state index >= 15 is 0 Å². The lowest BCUT2D eigenvalue weighted by Gasteiger charge is -2.11. The molecule has 6 heteroatoms. The summed E-state index contributed by atoms with van der Waals surface area (Å²) in [6, 6.07) is 19.0. The third-order valence-corrected chi connectivity index (χ3v) is 4.46. The molecule has 0 bridgehead atoms. The number of nitrogens with zero attached hydrogens (tertiary/aromatic N) is 1. The van der Waals surface area contributed by atoms with E-state index in [2.05, 4.69) is 10.9 Å². The first-order valence-corrected chi connectivity index (χ1v) is 8.99. The molecule has 28 heavy (non-hydrogen) atoms. The van der Waals surface area contributed by atoms with E-state index in [-0.39, 0.29) is 12.5 Å². The molecular formula is C22H23N3O3. The van der Waals surface area contributed by atoms with Crippen LogP contribution in [0.25, 0.3) is 5.69 Å². The number of nitrogens with one attached hydrogen (secondary N) is 2. The predicted molar refractivity (Wildman–Crippen MR) is 108 cm³/mol. The molecule has 144 valence electrons. The summed E-state index contributed by atoms with van der Waals surface area (Å²) in [5, 5.41) is 0. The minimum absolute atomic E-state index is 0.186. The van der Waals surface area contributed by atoms with Crippen LogP contribution in [0.3, 0.4) is 0 Å². The quantitative estimate of drug-likeness (QED) is 0.671. The van der Waals surface area contributed by atoms with Gasteiger partial charge < -0.3 is 9.30 Å². The molecular weight excluding hydrogens is 354 g/mol. The number of amides is 2. The van der Waals surface area contributed by atoms with Gasteiger partial charge in [-0.1, -0.05) is 36.4 Å². The highest BCUT2D eigenvalue weighted by Gasteiger charge is 2.17. The summed E-state index contributed by atoms with van der Waals surface area (Å²) in [4.78, 5) is 24.5. The SMILES string of the molecule is Cc1ccccc1OCC(=O)NNC(=O)c1cc(C)n(-c2ccccc2)c1C. The molecule has 0 atom stereocenters. The maximum atomic E-state index is 12.5. The van der Waals surface area contributed by atoms with E-state index in [0.717, 1.165) is 22.6 Å². The maximum absolute atomic E-state index is 12.5. The first kappa shape index (κ1) is 19.2. The van der Waals surface area contributed by atoms with Crippen LogP contribution in [0.1, 0.15) is 27.3 Å². The Balaban J connectivity index is 1.61. The van der Waals surface area contributed by atoms with Crippen LogP contribution in [0.5, 0.6) is 5.75 Å². The number of benzene rings is 2. The second kappa shape index (κ2) is 8.43. The molecule has 1 aromatic heterocycles. The Morgan fingerprint density at radius 3 is 2.32 bits per heavy atom. The average molecular weight is 377 g/mol. The molecule has 0 fully saturated rings. The van der Waals surface area contributed by atoms with Crippen LogP contribution in [0.15, 0.2) is 60.7 Å². The molecule has 0 radical (unpaired) electrons. The summed E-state index contributed by atoms with van der Waals surface area (Å²) in [6.07, 6.45) is 0. The number of ether oxygens (including phenoxy) is 1. The Morgan fingerprint density at radius 1 is 0.929 bits per heavy atom. The Kier molecular flexibility index (Phi) is 5.79. The molecule has 3 aromatic rings. The molecule has 0 spiro atoms. The van der Waals surface area contributed by atoms with Crippen LogP contribution in [-0.2, 0) is 4.79 Å². The second-order valence-electron chi connectivity index (χ2n) is 6.51. The molecule has 0 saturated heterocycles. The fourth-order valence-electron chi connectivity index (χ4n) is 3.06. The van der Waals surface area contributed by atoms with Gasteiger partial charge in [0.15, 0.2) is 6.61 Å². The molecule has 1 heterocycles. The number of hydrogen-bond donors (Lipinski definition) is 2. The summed E-state index contributed by atoms with van der Waals surface area (Å²) < 4.78 is 7.47. The van der Waals surface area contributed by atoms with Crippen molar-refractivity contribution in [1.82, 2.24) is 15.4 Å². The van der Waals surface area contributed by atoms with Gasteiger partial charge in [-0.15, -0.1) is 0 Å². The molecule has 0 unspecified atom stereocenters. The molecule has 0 aliphatic carbocycles. The van der Waals surface area contributed by atoms with Crippen molar-refractivity contribution in [3.63, 3.8) is 0 Å². The molecule has 0 saturated carbocycles. The second-order valence-corrected chi connectivity index (χ2v) is 6.51. The molecule has 3 rings (SSSR count). The monoisotopic (exact) mass is 377 g/mol. The van der Waals surface area contributed by atoms with Crippen molar-refractivity contribution in [3.8, 4) is 11.4 Å². The Hall–Kier alpha value is -3.54. The standard InChI is InChI=1S/C22H23N3O3/c1-15-9-7-8-12-20(15)28-14-21(26)23-24-22(27)19-13-16(2)25(17(19)3)18-10-5-4-6-11-18/h4-13H,14H2,1-3H3,(H,23,26)(H,24,27). The van der Waals surface area contributed by atoms with Gasteiger partial charge in [-0.3, -0.25) is 20.4 Å². The lowest BCUT2D eigenvalue weighted by Crippen LogP contribution is -2.44. The Labute approximate surface area is 164 Å². The van der Waals surface area contributed by atoms with Crippen molar-refractivity contribution in [1.29, 1.82) is 0 Å². The largest absolute Gasteiger partial charge is 0.483 e. The third-order valence-electron chi connectivity index (χ3n) is 4.46. The first-order valence-electron chi connectivity index (χ1n) is 8.99. The van der Waals surface area contributed by atoms with E-state index < -0.39 is 5.91 Å². The van der Waals surface area contributed by atoms with Crippen LogP contribution in [0, 0.1) is 20.8 Å². The van der Waals surface area contributed by atoms with Gasteiger partial charge in [0.1, 0.15) is 5.75 Å². The van der Waals surface area contributed by atoms with Crippen molar-refractivity contribution < 1.29 is 14.3 Å². The van der Waals surface area contributed by atoms with Crippen molar-refractivity contribution in [2.24, 2.45) is 0 Å². The normalized spacial score (nSPS) is 10.4. The van der Waals surface area contributed by atoms with Crippen molar-refractivity contribution in [2.45, 2.75) is 20.8 Å². The highest BCUT2D eigenvalue weighted by Crippen LogP contribution is 2.20. The zero-order valence-electron chi connectivity index (χ0n) is 16.2. The fraction of sp³-hybridized carbons (Fsp3) is 0.182. The summed E-state index contributed by atoms with van der Waals surface area (Å²) in [6.45, 7) is 5.52. The molecule has 0 aliphatic rings. The molecule has 0 aliphatic heterocycles. The summed E-state index contributed by atoms with van der Waals surface area (Å²) in [5.74, 6) is -0.177. The number of aromatic nitrogens is 1. The van der Waals surface area contributed by atoms with Gasteiger partial charge in [-0.2, -0.15) is 0 Å². The van der Waals surface area contributed by atoms with Gasteiger partial charge in [-0.05, 0) is 50.6 Å². The lowest BCUT2D eigenvalue weighted by atomic mass is 10.2. The van der Waals surface area contributed by atoms with Crippen molar-refractivity contribution in [3.05, 3.63) is 83.2 Å². The zero-order valence-corrected chi connectivity index (χ0v) is 16.2. The Morgan fingerprint density at radius 2 is 1.61 bits per heavy atom. The van der Waals surface area contributed by atoms with Gasteiger partial charge in [0.05, 0.1) is 5.56 Å². The smallest absolute Gasteiger partial charge is 0.276 e. The van der Waals surface area contributed by atoms with Gasteiger partial charge in [-0.25, -0.2) is 0 Å². The van der Waals surface area contributed by atoms with Crippen LogP contribution in [-0.4, -0.2) is 23.0 Å². The summed E-state index contributed by atoms with van der Waals surface area (Å²) in [5.41, 5.74) is 8.99. The average Bonchev–Trinajstić information content (AvgIpc) is 3.00. The van der Waals surface area contributed by atoms with E-state index in [1.807, 2.05) is 73.9 Å². The van der Waals surface area contributed by atoms with Crippen LogP contribution in [0.4, 0.5) is 0 Å². The summed E-state index contributed by atoms with van der Waals surface area (Å²) in [7, 11) is 0. The van der Waals surface area contributed by atoms with Gasteiger partial charge in [0.25, 0.3) is 11.8 Å². The number of carbonyl (C=O) groups is 2. The number of hydrogen-bond acceptors (Lipinski definition) is 3. The fourth-order valence-corrected chi connectivity index (χ4v) is 3.06. The molecule has 2 amide bonds. The highest BCUT2D eigenvalue weighted by molar-refractivity contribution is 5.97. The van der Waals surface area contributed by atoms with Crippen LogP contribution < -0.4 is 15.6 Å². The predicted octanol–water partition coefficient (Wildman–Crippen LogP) is 3.24. The summed E-state index contributed by atoms with van der Waals surface area (Å²) >= 11 is 0. The van der Waals surface area contributed by atoms with Crippen LogP contribution in [0.2, 0.25) is 0 Å². The van der Waals surface area contributed by atoms with Crippen LogP contribution >= 0.6 is 0 Å². The van der Waals surface area contributed by atoms with E-state index in [4.69, 9.17) is 4.74 Å².